The molecule has 4 aromatic heterocycles. The van der Waals surface area contributed by atoms with Gasteiger partial charge < -0.3 is 9.31 Å². The first kappa shape index (κ1) is 66.0. The summed E-state index contributed by atoms with van der Waals surface area (Å²) in [5.74, 6) is 4.32. The Bertz CT molecular complexity index is 5610. The minimum atomic E-state index is -0.561. The Labute approximate surface area is 598 Å². The van der Waals surface area contributed by atoms with Gasteiger partial charge in [0, 0.05) is 61.7 Å². The maximum Gasteiger partial charge on any atom is 0.494 e. The third-order valence-corrected chi connectivity index (χ3v) is 18.9. The monoisotopic (exact) mass is 1340 g/mol. The van der Waals surface area contributed by atoms with Gasteiger partial charge in [0.1, 0.15) is 0 Å². The second kappa shape index (κ2) is 28.0. The van der Waals surface area contributed by atoms with Crippen molar-refractivity contribution in [3.05, 3.63) is 307 Å². The molecule has 1 aliphatic heterocycles. The van der Waals surface area contributed by atoms with Crippen molar-refractivity contribution < 1.29 is 9.31 Å². The van der Waals surface area contributed by atoms with Crippen LogP contribution in [0.25, 0.3) is 145 Å². The molecular formula is C88H70BClN10O2. The minimum Gasteiger partial charge on any atom is -0.399 e. The Morgan fingerprint density at radius 3 is 0.882 bits per heavy atom. The Kier molecular flexibility index (Phi) is 18.2. The molecule has 1 aliphatic rings. The number of benzene rings is 12. The molecule has 494 valence electrons. The molecule has 102 heavy (non-hydrogen) atoms. The molecule has 12 aromatic carbocycles. The number of hydrogen-bond donors (Lipinski definition) is 0. The molecule has 16 aromatic rings. The molecule has 0 bridgehead atoms. The van der Waals surface area contributed by atoms with E-state index in [1.54, 1.807) is 0 Å². The lowest BCUT2D eigenvalue weighted by Gasteiger charge is -2.32. The van der Waals surface area contributed by atoms with Gasteiger partial charge in [-0.25, -0.2) is 49.8 Å². The largest absolute Gasteiger partial charge is 0.494 e. The van der Waals surface area contributed by atoms with Gasteiger partial charge in [0.15, 0.2) is 40.8 Å². The summed E-state index contributed by atoms with van der Waals surface area (Å²) in [4.78, 5) is 47.6. The second-order valence-electron chi connectivity index (χ2n) is 26.6. The van der Waals surface area contributed by atoms with Gasteiger partial charge in [-0.05, 0) is 186 Å². The van der Waals surface area contributed by atoms with Crippen molar-refractivity contribution in [2.75, 3.05) is 0 Å². The second-order valence-corrected chi connectivity index (χ2v) is 26.9. The van der Waals surface area contributed by atoms with Crippen LogP contribution in [0.2, 0.25) is 5.28 Å². The zero-order chi connectivity index (χ0) is 70.1. The fourth-order valence-electron chi connectivity index (χ4n) is 13.1. The molecule has 0 saturated carbocycles. The molecule has 0 radical (unpaired) electrons. The maximum atomic E-state index is 6.60. The van der Waals surface area contributed by atoms with Crippen LogP contribution in [-0.4, -0.2) is 68.2 Å². The molecule has 0 spiro atoms. The topological polar surface area (TPSA) is 147 Å². The molecule has 1 fully saturated rings. The number of hydrogen-bond acceptors (Lipinski definition) is 12. The van der Waals surface area contributed by atoms with E-state index >= 15 is 0 Å². The summed E-state index contributed by atoms with van der Waals surface area (Å²) in [6, 6.07) is 95.9. The maximum absolute atomic E-state index is 6.60. The van der Waals surface area contributed by atoms with Crippen LogP contribution < -0.4 is 5.46 Å². The van der Waals surface area contributed by atoms with Gasteiger partial charge in [0.2, 0.25) is 5.28 Å². The summed E-state index contributed by atoms with van der Waals surface area (Å²) in [5.41, 5.74) is 14.3. The average molecular weight is 1350 g/mol. The van der Waals surface area contributed by atoms with E-state index in [4.69, 9.17) is 60.8 Å². The zero-order valence-corrected chi connectivity index (χ0v) is 58.6. The summed E-state index contributed by atoms with van der Waals surface area (Å²) in [5, 5.41) is 9.92. The number of aryl methyl sites for hydroxylation is 4. The predicted octanol–water partition coefficient (Wildman–Crippen LogP) is 20.8. The quantitative estimate of drug-likeness (QED) is 0.0729. The van der Waals surface area contributed by atoms with Gasteiger partial charge in [0.25, 0.3) is 0 Å². The summed E-state index contributed by atoms with van der Waals surface area (Å²) < 4.78 is 13.2. The molecule has 0 aliphatic carbocycles. The first-order valence-electron chi connectivity index (χ1n) is 34.1. The highest BCUT2D eigenvalue weighted by Crippen LogP contribution is 2.42. The van der Waals surface area contributed by atoms with Crippen LogP contribution in [0, 0.1) is 27.7 Å². The highest BCUT2D eigenvalue weighted by molar-refractivity contribution is 6.62. The highest BCUT2D eigenvalue weighted by atomic mass is 35.5. The fourth-order valence-corrected chi connectivity index (χ4v) is 13.4. The number of nitrogens with zero attached hydrogens (tertiary/aromatic N) is 10. The van der Waals surface area contributed by atoms with Crippen LogP contribution in [0.4, 0.5) is 0 Å². The lowest BCUT2D eigenvalue weighted by Crippen LogP contribution is -2.41. The van der Waals surface area contributed by atoms with Crippen LogP contribution in [0.5, 0.6) is 0 Å². The SMILES string of the molecule is CC1(C)OB(c2cc(-c3nc(-c4ccccc4)nc(-c4ccccc4)n3)cc(-c3cc4ccccc4c4ccccc34)c2)OC1(C)C.Cc1cc(C)nc(-c2cc(-c3nc(-c4ccccc4)nc(-c4ccccc4)n3)cc(-c3cc4ccccc4c4ccccc34)c2)n1.Cc1cc(C)nc(Cl)n1. The average Bonchev–Trinajstić information content (AvgIpc) is 1.48. The van der Waals surface area contributed by atoms with Crippen LogP contribution in [0.3, 0.4) is 0 Å². The summed E-state index contributed by atoms with van der Waals surface area (Å²) in [6.45, 7) is 16.1. The number of fused-ring (bicyclic) bond motifs is 6. The molecule has 5 heterocycles. The minimum absolute atomic E-state index is 0.326. The van der Waals surface area contributed by atoms with E-state index < -0.39 is 18.3 Å². The van der Waals surface area contributed by atoms with Crippen molar-refractivity contribution in [3.63, 3.8) is 0 Å². The summed E-state index contributed by atoms with van der Waals surface area (Å²) >= 11 is 5.53. The standard InChI is InChI=1S/C41H34BN3O2.C41H29N5.C6H7ClN2/c1-40(2)41(3,4)47-42(46-40)32-24-30(36-26-29-19-11-12-20-33(29)34-21-13-14-22-35(34)36)23-31(25-32)39-44-37(27-15-7-5-8-16-27)43-38(45-39)28-17-9-6-10-18-28;1-26-21-27(2)43-40(42-26)32-22-31(37-25-30-17-9-10-18-34(30)35-19-11-12-20-36(35)37)23-33(24-32)41-45-38(28-13-5-3-6-14-28)44-39(46-41)29-15-7-4-8-16-29;1-4-3-5(2)9-6(7)8-4/h5-26H,1-4H3;3-25H,1-2H3;3H,1-2H3. The molecule has 0 atom stereocenters. The molecule has 17 rings (SSSR count). The summed E-state index contributed by atoms with van der Waals surface area (Å²) in [7, 11) is -0.561. The van der Waals surface area contributed by atoms with E-state index in [2.05, 4.69) is 183 Å². The van der Waals surface area contributed by atoms with E-state index in [0.717, 1.165) is 89.4 Å². The molecule has 0 N–H and O–H groups in total. The van der Waals surface area contributed by atoms with Gasteiger partial charge >= 0.3 is 7.12 Å². The lowest BCUT2D eigenvalue weighted by molar-refractivity contribution is 0.00578. The third kappa shape index (κ3) is 13.9. The van der Waals surface area contributed by atoms with Crippen molar-refractivity contribution in [1.29, 1.82) is 0 Å². The van der Waals surface area contributed by atoms with Crippen LogP contribution in [-0.2, 0) is 9.31 Å². The first-order chi connectivity index (χ1) is 49.5. The Morgan fingerprint density at radius 1 is 0.255 bits per heavy atom. The number of aromatic nitrogens is 10. The van der Waals surface area contributed by atoms with Gasteiger partial charge in [-0.1, -0.05) is 231 Å². The normalized spacial score (nSPS) is 13.0. The van der Waals surface area contributed by atoms with Crippen molar-refractivity contribution in [1.82, 2.24) is 49.8 Å². The number of rotatable bonds is 10. The number of halogens is 1. The zero-order valence-electron chi connectivity index (χ0n) is 57.8. The van der Waals surface area contributed by atoms with Gasteiger partial charge in [-0.2, -0.15) is 0 Å². The van der Waals surface area contributed by atoms with E-state index in [9.17, 15) is 0 Å². The lowest BCUT2D eigenvalue weighted by atomic mass is 9.76. The molecule has 0 unspecified atom stereocenters. The van der Waals surface area contributed by atoms with Crippen molar-refractivity contribution >= 4 is 67.3 Å². The first-order valence-corrected chi connectivity index (χ1v) is 34.4. The molecule has 14 heteroatoms. The Hall–Kier alpha value is -11.9. The predicted molar refractivity (Wildman–Crippen MR) is 416 cm³/mol. The van der Waals surface area contributed by atoms with Gasteiger partial charge in [-0.15, -0.1) is 0 Å². The smallest absolute Gasteiger partial charge is 0.399 e. The van der Waals surface area contributed by atoms with Crippen molar-refractivity contribution in [3.8, 4) is 102 Å². The Balaban J connectivity index is 0.000000147. The third-order valence-electron chi connectivity index (χ3n) is 18.7. The summed E-state index contributed by atoms with van der Waals surface area (Å²) in [6.07, 6.45) is 0. The Morgan fingerprint density at radius 2 is 0.520 bits per heavy atom. The van der Waals surface area contributed by atoms with E-state index in [1.165, 1.54) is 43.1 Å². The van der Waals surface area contributed by atoms with Crippen LogP contribution in [0.15, 0.2) is 279 Å². The van der Waals surface area contributed by atoms with Crippen molar-refractivity contribution in [2.45, 2.75) is 66.6 Å². The van der Waals surface area contributed by atoms with E-state index in [0.29, 0.717) is 46.1 Å². The van der Waals surface area contributed by atoms with E-state index in [1.807, 2.05) is 161 Å². The molecule has 1 saturated heterocycles. The van der Waals surface area contributed by atoms with Crippen molar-refractivity contribution in [2.24, 2.45) is 0 Å². The van der Waals surface area contributed by atoms with E-state index in [-0.39, 0.29) is 0 Å². The fraction of sp³-hybridized carbons (Fsp3) is 0.114. The van der Waals surface area contributed by atoms with Gasteiger partial charge in [-0.3, -0.25) is 0 Å². The van der Waals surface area contributed by atoms with Crippen LogP contribution in [0.1, 0.15) is 50.5 Å². The molecular weight excluding hydrogens is 1280 g/mol. The molecule has 0 amide bonds. The molecule has 12 nitrogen and oxygen atoms in total. The van der Waals surface area contributed by atoms with Crippen LogP contribution >= 0.6 is 11.6 Å². The highest BCUT2D eigenvalue weighted by Gasteiger charge is 2.52. The van der Waals surface area contributed by atoms with Gasteiger partial charge in [0.05, 0.1) is 11.2 Å².